The molecule has 1 aromatic carbocycles. The SMILES string of the molecule is COC[C@H](NC(=O)c1cnc(C)s1)C(=O)N[C@@H](COC)C(=O)N[C@](C)(C(=O)[C@](C)(O)CO)c1ccccc1. The molecule has 1 heterocycles. The second-order valence-electron chi connectivity index (χ2n) is 8.98. The maximum Gasteiger partial charge on any atom is 0.263 e. The van der Waals surface area contributed by atoms with Crippen molar-refractivity contribution in [3.05, 3.63) is 52.0 Å². The van der Waals surface area contributed by atoms with Crippen molar-refractivity contribution in [1.29, 1.82) is 0 Å². The van der Waals surface area contributed by atoms with Crippen LogP contribution in [0.2, 0.25) is 0 Å². The smallest absolute Gasteiger partial charge is 0.263 e. The van der Waals surface area contributed by atoms with Gasteiger partial charge in [-0.15, -0.1) is 11.3 Å². The minimum Gasteiger partial charge on any atom is -0.393 e. The molecule has 208 valence electrons. The molecule has 12 nitrogen and oxygen atoms in total. The number of carbonyl (C=O) groups excluding carboxylic acids is 4. The number of nitrogens with one attached hydrogen (secondary N) is 3. The minimum atomic E-state index is -2.17. The van der Waals surface area contributed by atoms with Crippen molar-refractivity contribution in [2.75, 3.05) is 34.0 Å². The molecular formula is C25H34N4O8S. The Morgan fingerprint density at radius 1 is 1.00 bits per heavy atom. The number of thiazole rings is 1. The Morgan fingerprint density at radius 2 is 1.58 bits per heavy atom. The summed E-state index contributed by atoms with van der Waals surface area (Å²) in [6, 6.07) is 5.74. The number of Topliss-reactive ketones (excluding diaryl/α,β-unsaturated/α-hetero) is 1. The standard InChI is InChI=1S/C25H34N4O8S/c1-15-26-11-19(38-15)22(33)28-17(12-36-4)20(31)27-18(13-37-5)21(32)29-25(3,16-9-7-6-8-10-16)23(34)24(2,35)14-30/h6-11,17-18,30,35H,12-14H2,1-5H3,(H,27,31)(H,28,33)(H,29,32)/t17-,18-,24+,25-/m0/s1. The molecule has 2 aromatic rings. The quantitative estimate of drug-likeness (QED) is 0.211. The van der Waals surface area contributed by atoms with E-state index >= 15 is 0 Å². The molecule has 4 atom stereocenters. The fraction of sp³-hybridized carbons (Fsp3) is 0.480. The number of ether oxygens (including phenoxy) is 2. The molecule has 38 heavy (non-hydrogen) atoms. The first-order valence-corrected chi connectivity index (χ1v) is 12.5. The number of ketones is 1. The Bertz CT molecular complexity index is 1120. The van der Waals surface area contributed by atoms with Crippen LogP contribution in [0.25, 0.3) is 0 Å². The lowest BCUT2D eigenvalue weighted by molar-refractivity contribution is -0.149. The lowest BCUT2D eigenvalue weighted by Gasteiger charge is -2.36. The van der Waals surface area contributed by atoms with Gasteiger partial charge in [-0.3, -0.25) is 19.2 Å². The average Bonchev–Trinajstić information content (AvgIpc) is 3.34. The zero-order valence-corrected chi connectivity index (χ0v) is 22.8. The van der Waals surface area contributed by atoms with Crippen LogP contribution < -0.4 is 16.0 Å². The van der Waals surface area contributed by atoms with Gasteiger partial charge in [0.05, 0.1) is 31.0 Å². The molecule has 3 amide bonds. The van der Waals surface area contributed by atoms with Gasteiger partial charge in [-0.25, -0.2) is 4.98 Å². The molecule has 0 unspecified atom stereocenters. The molecule has 1 aromatic heterocycles. The zero-order chi connectivity index (χ0) is 28.5. The molecule has 0 fully saturated rings. The largest absolute Gasteiger partial charge is 0.393 e. The summed E-state index contributed by atoms with van der Waals surface area (Å²) in [7, 11) is 2.68. The van der Waals surface area contributed by atoms with E-state index in [4.69, 9.17) is 9.47 Å². The third-order valence-electron chi connectivity index (χ3n) is 5.74. The van der Waals surface area contributed by atoms with Crippen LogP contribution in [-0.4, -0.2) is 90.4 Å². The first-order valence-electron chi connectivity index (χ1n) is 11.7. The summed E-state index contributed by atoms with van der Waals surface area (Å²) in [6.07, 6.45) is 1.39. The molecule has 0 aliphatic rings. The van der Waals surface area contributed by atoms with Gasteiger partial charge >= 0.3 is 0 Å². The van der Waals surface area contributed by atoms with Crippen molar-refractivity contribution >= 4 is 34.8 Å². The fourth-order valence-corrected chi connectivity index (χ4v) is 4.32. The molecule has 0 bridgehead atoms. The predicted octanol–water partition coefficient (Wildman–Crippen LogP) is -0.328. The van der Waals surface area contributed by atoms with Gasteiger partial charge in [-0.1, -0.05) is 30.3 Å². The van der Waals surface area contributed by atoms with Crippen molar-refractivity contribution in [3.63, 3.8) is 0 Å². The van der Waals surface area contributed by atoms with Gasteiger partial charge in [0.15, 0.2) is 5.78 Å². The number of hydrogen-bond donors (Lipinski definition) is 5. The van der Waals surface area contributed by atoms with E-state index in [1.54, 1.807) is 37.3 Å². The maximum absolute atomic E-state index is 13.4. The van der Waals surface area contributed by atoms with E-state index in [1.165, 1.54) is 27.3 Å². The second-order valence-corrected chi connectivity index (χ2v) is 10.2. The molecule has 0 spiro atoms. The number of hydrogen-bond acceptors (Lipinski definition) is 10. The number of aliphatic hydroxyl groups is 2. The van der Waals surface area contributed by atoms with E-state index < -0.39 is 53.3 Å². The van der Waals surface area contributed by atoms with Crippen molar-refractivity contribution in [1.82, 2.24) is 20.9 Å². The molecule has 0 aliphatic heterocycles. The van der Waals surface area contributed by atoms with Gasteiger partial charge in [0.25, 0.3) is 5.91 Å². The lowest BCUT2D eigenvalue weighted by Crippen LogP contribution is -2.63. The molecule has 13 heteroatoms. The van der Waals surface area contributed by atoms with Gasteiger partial charge in [-0.05, 0) is 26.3 Å². The van der Waals surface area contributed by atoms with Crippen LogP contribution in [0.15, 0.2) is 36.5 Å². The number of amides is 3. The summed E-state index contributed by atoms with van der Waals surface area (Å²) in [5.74, 6) is -2.92. The van der Waals surface area contributed by atoms with Crippen molar-refractivity contribution in [2.24, 2.45) is 0 Å². The first kappa shape index (κ1) is 31.0. The zero-order valence-electron chi connectivity index (χ0n) is 21.9. The molecule has 2 rings (SSSR count). The van der Waals surface area contributed by atoms with Crippen LogP contribution in [0.4, 0.5) is 0 Å². The molecular weight excluding hydrogens is 516 g/mol. The molecule has 5 N–H and O–H groups in total. The maximum atomic E-state index is 13.4. The highest BCUT2D eigenvalue weighted by Gasteiger charge is 2.47. The van der Waals surface area contributed by atoms with E-state index in [2.05, 4.69) is 20.9 Å². The second kappa shape index (κ2) is 13.5. The molecule has 0 saturated carbocycles. The van der Waals surface area contributed by atoms with Gasteiger partial charge in [0.1, 0.15) is 28.1 Å². The van der Waals surface area contributed by atoms with E-state index in [-0.39, 0.29) is 13.2 Å². The van der Waals surface area contributed by atoms with E-state index in [9.17, 15) is 29.4 Å². The van der Waals surface area contributed by atoms with Crippen LogP contribution in [0.3, 0.4) is 0 Å². The van der Waals surface area contributed by atoms with E-state index in [0.29, 0.717) is 15.4 Å². The van der Waals surface area contributed by atoms with Crippen LogP contribution in [0.5, 0.6) is 0 Å². The monoisotopic (exact) mass is 550 g/mol. The Labute approximate surface area is 224 Å². The normalized spacial score (nSPS) is 15.9. The van der Waals surface area contributed by atoms with Crippen molar-refractivity contribution < 1.29 is 38.9 Å². The topological polar surface area (TPSA) is 176 Å². The number of carbonyl (C=O) groups is 4. The van der Waals surface area contributed by atoms with E-state index in [0.717, 1.165) is 18.3 Å². The molecule has 0 radical (unpaired) electrons. The number of aromatic nitrogens is 1. The van der Waals surface area contributed by atoms with Crippen molar-refractivity contribution in [3.8, 4) is 0 Å². The van der Waals surface area contributed by atoms with Crippen LogP contribution >= 0.6 is 11.3 Å². The van der Waals surface area contributed by atoms with Gasteiger partial charge in [0.2, 0.25) is 11.8 Å². The summed E-state index contributed by atoms with van der Waals surface area (Å²) in [4.78, 5) is 56.6. The summed E-state index contributed by atoms with van der Waals surface area (Å²) < 4.78 is 10.2. The Balaban J connectivity index is 2.28. The summed E-state index contributed by atoms with van der Waals surface area (Å²) in [5, 5.41) is 28.4. The predicted molar refractivity (Wildman–Crippen MR) is 138 cm³/mol. The highest BCUT2D eigenvalue weighted by atomic mass is 32.1. The average molecular weight is 551 g/mol. The number of benzene rings is 1. The van der Waals surface area contributed by atoms with Crippen molar-refractivity contribution in [2.45, 2.75) is 44.0 Å². The Hall–Kier alpha value is -3.23. The summed E-state index contributed by atoms with van der Waals surface area (Å²) in [5.41, 5.74) is -3.59. The van der Waals surface area contributed by atoms with Crippen LogP contribution in [0.1, 0.15) is 34.1 Å². The summed E-state index contributed by atoms with van der Waals surface area (Å²) in [6.45, 7) is 2.94. The van der Waals surface area contributed by atoms with Gasteiger partial charge in [0, 0.05) is 14.2 Å². The highest BCUT2D eigenvalue weighted by Crippen LogP contribution is 2.27. The molecule has 0 aliphatic carbocycles. The Kier molecular flexibility index (Phi) is 11.0. The number of aliphatic hydroxyl groups excluding tert-OH is 1. The van der Waals surface area contributed by atoms with E-state index in [1.807, 2.05) is 0 Å². The lowest BCUT2D eigenvalue weighted by atomic mass is 9.80. The molecule has 0 saturated heterocycles. The first-order chi connectivity index (χ1) is 17.9. The van der Waals surface area contributed by atoms with Crippen LogP contribution in [0, 0.1) is 6.92 Å². The number of aryl methyl sites for hydroxylation is 1. The number of methoxy groups -OCH3 is 2. The number of nitrogens with zero attached hydrogens (tertiary/aromatic N) is 1. The number of rotatable bonds is 14. The van der Waals surface area contributed by atoms with Crippen LogP contribution in [-0.2, 0) is 29.4 Å². The third-order valence-corrected chi connectivity index (χ3v) is 6.65. The third kappa shape index (κ3) is 7.65. The summed E-state index contributed by atoms with van der Waals surface area (Å²) >= 11 is 1.16. The Morgan fingerprint density at radius 3 is 2.08 bits per heavy atom. The van der Waals surface area contributed by atoms with Gasteiger partial charge < -0.3 is 35.6 Å². The van der Waals surface area contributed by atoms with Gasteiger partial charge in [-0.2, -0.15) is 0 Å². The minimum absolute atomic E-state index is 0.184. The highest BCUT2D eigenvalue weighted by molar-refractivity contribution is 7.13. The fourth-order valence-electron chi connectivity index (χ4n) is 3.64.